The van der Waals surface area contributed by atoms with Crippen LogP contribution in [0.4, 0.5) is 5.00 Å². The van der Waals surface area contributed by atoms with Gasteiger partial charge in [0.2, 0.25) is 11.8 Å². The van der Waals surface area contributed by atoms with Crippen molar-refractivity contribution < 1.29 is 31.2 Å². The number of hydrogen-bond donors (Lipinski definition) is 2. The van der Waals surface area contributed by atoms with E-state index in [9.17, 15) is 26.4 Å². The van der Waals surface area contributed by atoms with Crippen molar-refractivity contribution in [2.75, 3.05) is 23.9 Å². The highest BCUT2D eigenvalue weighted by molar-refractivity contribution is 9.10. The molecule has 5 rings (SSSR count). The lowest BCUT2D eigenvalue weighted by Gasteiger charge is -2.12. The van der Waals surface area contributed by atoms with Gasteiger partial charge in [0.1, 0.15) is 0 Å². The molecule has 9 nitrogen and oxygen atoms in total. The first-order valence-electron chi connectivity index (χ1n) is 15.4. The van der Waals surface area contributed by atoms with Gasteiger partial charge in [-0.2, -0.15) is 0 Å². The molecule has 2 amide bonds. The molecule has 1 atom stereocenters. The Morgan fingerprint density at radius 3 is 1.98 bits per heavy atom. The number of primary amides is 1. The molecule has 0 saturated heterocycles. The monoisotopic (exact) mass is 816 g/mol. The average molecular weight is 818 g/mol. The number of rotatable bonds is 13. The summed E-state index contributed by atoms with van der Waals surface area (Å²) in [7, 11) is -4.81. The summed E-state index contributed by atoms with van der Waals surface area (Å²) in [5.41, 5.74) is 10.2. The minimum Gasteiger partial charge on any atom is -0.380 e. The molecular formula is C36H37BrN2O7S4. The van der Waals surface area contributed by atoms with Crippen molar-refractivity contribution in [3.8, 4) is 11.1 Å². The first kappa shape index (κ1) is 39.1. The predicted octanol–water partition coefficient (Wildman–Crippen LogP) is 7.46. The van der Waals surface area contributed by atoms with Crippen molar-refractivity contribution >= 4 is 75.1 Å². The molecule has 0 aliphatic rings. The number of sulfone groups is 2. The van der Waals surface area contributed by atoms with Crippen molar-refractivity contribution in [2.24, 2.45) is 5.73 Å². The molecule has 0 aliphatic carbocycles. The maximum atomic E-state index is 12.4. The maximum absolute atomic E-state index is 12.4. The fourth-order valence-electron chi connectivity index (χ4n) is 4.96. The summed E-state index contributed by atoms with van der Waals surface area (Å²) in [5.74, 6) is -1.07. The molecule has 0 bridgehead atoms. The van der Waals surface area contributed by atoms with E-state index in [0.717, 1.165) is 36.6 Å². The van der Waals surface area contributed by atoms with Crippen LogP contribution in [0.15, 0.2) is 110 Å². The molecule has 0 spiro atoms. The number of hydrogen-bond acceptors (Lipinski definition) is 9. The van der Waals surface area contributed by atoms with Gasteiger partial charge >= 0.3 is 0 Å². The Hall–Kier alpha value is -3.66. The predicted molar refractivity (Wildman–Crippen MR) is 204 cm³/mol. The van der Waals surface area contributed by atoms with E-state index in [1.807, 2.05) is 47.2 Å². The van der Waals surface area contributed by atoms with Crippen molar-refractivity contribution in [3.63, 3.8) is 0 Å². The second-order valence-corrected chi connectivity index (χ2v) is 18.4. The Bertz CT molecular complexity index is 2140. The van der Waals surface area contributed by atoms with E-state index in [1.54, 1.807) is 57.4 Å². The molecule has 1 unspecified atom stereocenters. The van der Waals surface area contributed by atoms with E-state index in [1.165, 1.54) is 34.8 Å². The van der Waals surface area contributed by atoms with Gasteiger partial charge in [0.25, 0.3) is 0 Å². The van der Waals surface area contributed by atoms with Crippen LogP contribution in [-0.2, 0) is 47.0 Å². The highest BCUT2D eigenvalue weighted by Gasteiger charge is 2.23. The van der Waals surface area contributed by atoms with Crippen molar-refractivity contribution in [2.45, 2.75) is 42.6 Å². The molecule has 5 aromatic rings. The Morgan fingerprint density at radius 2 is 1.44 bits per heavy atom. The molecule has 0 saturated carbocycles. The number of thiophene rings is 2. The molecule has 14 heteroatoms. The number of halogens is 1. The zero-order valence-corrected chi connectivity index (χ0v) is 32.4. The van der Waals surface area contributed by atoms with Gasteiger partial charge in [0.15, 0.2) is 19.7 Å². The molecule has 0 fully saturated rings. The van der Waals surface area contributed by atoms with Crippen molar-refractivity contribution in [1.29, 1.82) is 0 Å². The fraction of sp³-hybridized carbons (Fsp3) is 0.222. The van der Waals surface area contributed by atoms with Crippen LogP contribution in [0.2, 0.25) is 0 Å². The zero-order valence-electron chi connectivity index (χ0n) is 27.6. The minimum atomic E-state index is -3.24. The third kappa shape index (κ3) is 10.2. The van der Waals surface area contributed by atoms with Gasteiger partial charge in [-0.25, -0.2) is 16.8 Å². The topological polar surface area (TPSA) is 150 Å². The van der Waals surface area contributed by atoms with Crippen molar-refractivity contribution in [1.82, 2.24) is 0 Å². The second-order valence-electron chi connectivity index (χ2n) is 11.0. The molecular weight excluding hydrogens is 781 g/mol. The summed E-state index contributed by atoms with van der Waals surface area (Å²) < 4.78 is 53.5. The largest absolute Gasteiger partial charge is 0.380 e. The van der Waals surface area contributed by atoms with Crippen LogP contribution in [-0.4, -0.2) is 47.3 Å². The molecule has 264 valence electrons. The molecule has 3 aromatic carbocycles. The summed E-state index contributed by atoms with van der Waals surface area (Å²) in [4.78, 5) is 25.5. The van der Waals surface area contributed by atoms with Crippen LogP contribution in [0.5, 0.6) is 0 Å². The maximum Gasteiger partial charge on any atom is 0.230 e. The van der Waals surface area contributed by atoms with Gasteiger partial charge in [0.05, 0.1) is 45.2 Å². The van der Waals surface area contributed by atoms with Crippen LogP contribution in [0.1, 0.15) is 41.3 Å². The molecule has 2 aromatic heterocycles. The second kappa shape index (κ2) is 17.5. The van der Waals surface area contributed by atoms with E-state index in [0.29, 0.717) is 12.2 Å². The normalized spacial score (nSPS) is 12.1. The van der Waals surface area contributed by atoms with Crippen LogP contribution in [0, 0.1) is 0 Å². The zero-order chi connectivity index (χ0) is 36.5. The third-order valence-corrected chi connectivity index (χ3v) is 13.7. The summed E-state index contributed by atoms with van der Waals surface area (Å²) in [6.45, 7) is 3.73. The van der Waals surface area contributed by atoms with E-state index in [4.69, 9.17) is 10.5 Å². The molecule has 2 heterocycles. The van der Waals surface area contributed by atoms with Crippen LogP contribution < -0.4 is 11.1 Å². The lowest BCUT2D eigenvalue weighted by atomic mass is 9.97. The van der Waals surface area contributed by atoms with Crippen LogP contribution in [0.25, 0.3) is 11.1 Å². The van der Waals surface area contributed by atoms with E-state index < -0.39 is 31.5 Å². The standard InChI is InChI=1S/C22H23NO4S2.C14H14BrNO3S2/c1-3-29(25,26)19-10-8-16(9-11-19)12-21(24)23-22-13-18(15-28-22)20-7-5-4-6-17(20)14-27-2;1-2-21(18,19)11-5-3-9(4-6-11)13(14(16)17)12-7-10(15)8-20-12/h4-11,13,15H,3,12,14H2,1-2H3,(H,23,24);3-8,13H,2H2,1H3,(H2,16,17). The van der Waals surface area contributed by atoms with E-state index >= 15 is 0 Å². The van der Waals surface area contributed by atoms with Crippen LogP contribution in [0.3, 0.4) is 0 Å². The van der Waals surface area contributed by atoms with Crippen molar-refractivity contribution in [3.05, 3.63) is 122 Å². The minimum absolute atomic E-state index is 0.0451. The third-order valence-electron chi connectivity index (χ3n) is 7.63. The summed E-state index contributed by atoms with van der Waals surface area (Å²) in [6.07, 6.45) is 0.181. The quantitative estimate of drug-likeness (QED) is 0.125. The number of nitrogens with one attached hydrogen (secondary N) is 1. The number of nitrogens with two attached hydrogens (primary N) is 1. The number of anilines is 1. The fourth-order valence-corrected chi connectivity index (χ4v) is 9.12. The van der Waals surface area contributed by atoms with E-state index in [-0.39, 0.29) is 33.6 Å². The van der Waals surface area contributed by atoms with Gasteiger partial charge in [-0.15, -0.1) is 22.7 Å². The summed E-state index contributed by atoms with van der Waals surface area (Å²) >= 11 is 6.24. The number of benzene rings is 3. The first-order valence-corrected chi connectivity index (χ1v) is 21.3. The smallest absolute Gasteiger partial charge is 0.230 e. The molecule has 50 heavy (non-hydrogen) atoms. The Balaban J connectivity index is 0.000000237. The SMILES string of the molecule is CCS(=O)(=O)c1ccc(C(C(N)=O)c2cc(Br)cs2)cc1.CCS(=O)(=O)c1ccc(CC(=O)Nc2cc(-c3ccccc3COC)cs2)cc1. The molecule has 0 radical (unpaired) electrons. The van der Waals surface area contributed by atoms with Gasteiger partial charge < -0.3 is 15.8 Å². The lowest BCUT2D eigenvalue weighted by molar-refractivity contribution is -0.118. The Labute approximate surface area is 309 Å². The number of carbonyl (C=O) groups excluding carboxylic acids is 2. The van der Waals surface area contributed by atoms with Gasteiger partial charge in [-0.05, 0) is 80.1 Å². The van der Waals surface area contributed by atoms with Gasteiger partial charge in [-0.1, -0.05) is 62.4 Å². The van der Waals surface area contributed by atoms with Gasteiger partial charge in [-0.3, -0.25) is 9.59 Å². The van der Waals surface area contributed by atoms with Crippen LogP contribution >= 0.6 is 38.6 Å². The average Bonchev–Trinajstić information content (AvgIpc) is 3.74. The lowest BCUT2D eigenvalue weighted by Crippen LogP contribution is -2.21. The van der Waals surface area contributed by atoms with Gasteiger partial charge in [0, 0.05) is 27.2 Å². The Morgan fingerprint density at radius 1 is 0.840 bits per heavy atom. The number of methoxy groups -OCH3 is 1. The number of ether oxygens (including phenoxy) is 1. The molecule has 0 aliphatic heterocycles. The first-order chi connectivity index (χ1) is 23.8. The highest BCUT2D eigenvalue weighted by atomic mass is 79.9. The number of carbonyl (C=O) groups is 2. The summed E-state index contributed by atoms with van der Waals surface area (Å²) in [5, 5.41) is 7.57. The summed E-state index contributed by atoms with van der Waals surface area (Å²) in [6, 6.07) is 24.6. The molecule has 3 N–H and O–H groups in total. The van der Waals surface area contributed by atoms with E-state index in [2.05, 4.69) is 21.2 Å². The Kier molecular flexibility index (Phi) is 13.7. The number of amides is 2. The highest BCUT2D eigenvalue weighted by Crippen LogP contribution is 2.33.